The topological polar surface area (TPSA) is 156 Å². The Bertz CT molecular complexity index is 2190. The molecule has 0 aliphatic heterocycles. The molecule has 6 aromatic carbocycles. The standard InChI is InChI=1S/3C14H10F3NO2.Al/c3*15-14(16,17)9-4-3-5-10(8-9)18-12-7-2-1-6-11(12)13(19)20;/h3*1-8,18H,(H,19,20);/q;;;+3/p-3. The second-order valence-electron chi connectivity index (χ2n) is 12.1. The number of anilines is 6. The molecule has 0 heterocycles. The molecule has 0 saturated heterocycles. The van der Waals surface area contributed by atoms with E-state index in [9.17, 15) is 69.2 Å². The van der Waals surface area contributed by atoms with Gasteiger partial charge in [0.2, 0.25) is 0 Å². The van der Waals surface area contributed by atoms with Gasteiger partial charge in [0, 0.05) is 50.8 Å². The number of hydrogen-bond acceptors (Lipinski definition) is 9. The number of carboxylic acids is 3. The van der Waals surface area contributed by atoms with E-state index in [4.69, 9.17) is 0 Å². The van der Waals surface area contributed by atoms with Crippen molar-refractivity contribution in [2.75, 3.05) is 16.0 Å². The third-order valence-electron chi connectivity index (χ3n) is 7.85. The summed E-state index contributed by atoms with van der Waals surface area (Å²) in [6.45, 7) is 0. The molecule has 0 fully saturated rings. The number of hydrogen-bond donors (Lipinski definition) is 3. The van der Waals surface area contributed by atoms with E-state index in [1.54, 1.807) is 18.2 Å². The number of carboxylic acid groups (broad SMARTS) is 3. The molecule has 0 unspecified atom stereocenters. The van der Waals surface area contributed by atoms with E-state index in [0.29, 0.717) is 0 Å². The third-order valence-corrected chi connectivity index (χ3v) is 7.85. The first kappa shape index (κ1) is 48.4. The van der Waals surface area contributed by atoms with Crippen LogP contribution in [0.3, 0.4) is 0 Å². The summed E-state index contributed by atoms with van der Waals surface area (Å²) in [4.78, 5) is 32.7. The Balaban J connectivity index is 0.000000242. The van der Waals surface area contributed by atoms with Gasteiger partial charge in [-0.3, -0.25) is 0 Å². The van der Waals surface area contributed by atoms with Crippen LogP contribution in [0.25, 0.3) is 0 Å². The van der Waals surface area contributed by atoms with E-state index in [1.165, 1.54) is 91.0 Å². The van der Waals surface area contributed by atoms with Crippen molar-refractivity contribution in [2.45, 2.75) is 18.5 Å². The van der Waals surface area contributed by atoms with Crippen molar-refractivity contribution < 1.29 is 69.2 Å². The van der Waals surface area contributed by atoms with Crippen LogP contribution in [-0.2, 0) is 18.5 Å². The van der Waals surface area contributed by atoms with Gasteiger partial charge in [0.15, 0.2) is 0 Å². The van der Waals surface area contributed by atoms with E-state index < -0.39 is 53.1 Å². The Labute approximate surface area is 351 Å². The Morgan fingerprint density at radius 2 is 0.590 bits per heavy atom. The maximum atomic E-state index is 12.6. The van der Waals surface area contributed by atoms with Crippen LogP contribution in [-0.4, -0.2) is 35.3 Å². The minimum absolute atomic E-state index is 0. The zero-order valence-corrected chi connectivity index (χ0v) is 31.9. The summed E-state index contributed by atoms with van der Waals surface area (Å²) in [6.07, 6.45) is -13.4. The maximum Gasteiger partial charge on any atom is 3.00 e. The zero-order valence-electron chi connectivity index (χ0n) is 30.8. The molecule has 0 radical (unpaired) electrons. The van der Waals surface area contributed by atoms with Gasteiger partial charge in [-0.15, -0.1) is 0 Å². The zero-order chi connectivity index (χ0) is 44.3. The van der Waals surface area contributed by atoms with Gasteiger partial charge < -0.3 is 45.7 Å². The average molecular weight is 868 g/mol. The van der Waals surface area contributed by atoms with Gasteiger partial charge >= 0.3 is 35.9 Å². The molecule has 9 nitrogen and oxygen atoms in total. The predicted molar refractivity (Wildman–Crippen MR) is 202 cm³/mol. The minimum atomic E-state index is -4.45. The maximum absolute atomic E-state index is 12.6. The molecule has 0 atom stereocenters. The molecule has 0 bridgehead atoms. The van der Waals surface area contributed by atoms with Crippen LogP contribution in [0.2, 0.25) is 0 Å². The van der Waals surface area contributed by atoms with Crippen molar-refractivity contribution in [3.63, 3.8) is 0 Å². The third kappa shape index (κ3) is 14.4. The summed E-state index contributed by atoms with van der Waals surface area (Å²) in [5, 5.41) is 40.7. The average Bonchev–Trinajstić information content (AvgIpc) is 3.18. The Morgan fingerprint density at radius 1 is 0.361 bits per heavy atom. The van der Waals surface area contributed by atoms with Gasteiger partial charge in [-0.1, -0.05) is 72.8 Å². The first-order valence-corrected chi connectivity index (χ1v) is 16.9. The normalized spacial score (nSPS) is 11.0. The molecule has 3 N–H and O–H groups in total. The van der Waals surface area contributed by atoms with E-state index in [-0.39, 0.29) is 68.2 Å². The van der Waals surface area contributed by atoms with Crippen molar-refractivity contribution >= 4 is 69.4 Å². The fourth-order valence-electron chi connectivity index (χ4n) is 5.10. The van der Waals surface area contributed by atoms with Crippen LogP contribution >= 0.6 is 0 Å². The molecule has 19 heteroatoms. The molecule has 0 aromatic heterocycles. The van der Waals surface area contributed by atoms with E-state index in [2.05, 4.69) is 16.0 Å². The Morgan fingerprint density at radius 3 is 0.803 bits per heavy atom. The van der Waals surface area contributed by atoms with Crippen LogP contribution in [0.5, 0.6) is 0 Å². The molecule has 0 saturated carbocycles. The van der Waals surface area contributed by atoms with Crippen molar-refractivity contribution in [1.29, 1.82) is 0 Å². The van der Waals surface area contributed by atoms with Crippen molar-refractivity contribution in [3.05, 3.63) is 179 Å². The van der Waals surface area contributed by atoms with Crippen LogP contribution in [0.1, 0.15) is 47.8 Å². The molecule has 0 aliphatic carbocycles. The second kappa shape index (κ2) is 20.8. The number of aromatic carboxylic acids is 3. The summed E-state index contributed by atoms with van der Waals surface area (Å²) in [7, 11) is 0. The fourth-order valence-corrected chi connectivity index (χ4v) is 5.10. The number of halogens is 9. The van der Waals surface area contributed by atoms with Crippen LogP contribution in [0.4, 0.5) is 73.6 Å². The number of para-hydroxylation sites is 3. The predicted octanol–water partition coefficient (Wildman–Crippen LogP) is 8.06. The number of benzene rings is 6. The molecular formula is C42H27AlF9N3O6. The first-order valence-electron chi connectivity index (χ1n) is 16.9. The monoisotopic (exact) mass is 867 g/mol. The molecule has 6 aromatic rings. The molecule has 312 valence electrons. The summed E-state index contributed by atoms with van der Waals surface area (Å²) in [5.74, 6) is -4.21. The van der Waals surface area contributed by atoms with E-state index >= 15 is 0 Å². The van der Waals surface area contributed by atoms with Gasteiger partial charge in [0.25, 0.3) is 0 Å². The number of rotatable bonds is 9. The van der Waals surface area contributed by atoms with Gasteiger partial charge in [0.05, 0.1) is 34.6 Å². The van der Waals surface area contributed by atoms with E-state index in [1.807, 2.05) is 0 Å². The summed E-state index contributed by atoms with van der Waals surface area (Å²) in [6, 6.07) is 31.0. The number of nitrogens with one attached hydrogen (secondary N) is 3. The van der Waals surface area contributed by atoms with Crippen molar-refractivity contribution in [1.82, 2.24) is 0 Å². The van der Waals surface area contributed by atoms with Crippen molar-refractivity contribution in [3.8, 4) is 0 Å². The number of carbonyl (C=O) groups excluding carboxylic acids is 3. The van der Waals surface area contributed by atoms with Crippen LogP contribution < -0.4 is 31.3 Å². The molecular weight excluding hydrogens is 840 g/mol. The molecule has 6 rings (SSSR count). The Kier molecular flexibility index (Phi) is 16.5. The second-order valence-corrected chi connectivity index (χ2v) is 12.1. The summed E-state index contributed by atoms with van der Waals surface area (Å²) in [5.41, 5.74) is -1.84. The molecule has 61 heavy (non-hydrogen) atoms. The van der Waals surface area contributed by atoms with Gasteiger partial charge in [-0.25, -0.2) is 0 Å². The SMILES string of the molecule is O=C([O-])c1ccccc1Nc1cccc(C(F)(F)F)c1.O=C([O-])c1ccccc1Nc1cccc(C(F)(F)F)c1.O=C([O-])c1ccccc1Nc1cccc(C(F)(F)F)c1.[Al+3]. The minimum Gasteiger partial charge on any atom is -0.545 e. The van der Waals surface area contributed by atoms with Crippen molar-refractivity contribution in [2.24, 2.45) is 0 Å². The smallest absolute Gasteiger partial charge is 0.545 e. The molecule has 0 aliphatic rings. The largest absolute Gasteiger partial charge is 3.00 e. The molecule has 0 spiro atoms. The van der Waals surface area contributed by atoms with Gasteiger partial charge in [-0.2, -0.15) is 39.5 Å². The van der Waals surface area contributed by atoms with Gasteiger partial charge in [-0.05, 0) is 72.8 Å². The quantitative estimate of drug-likeness (QED) is 0.0967. The first-order chi connectivity index (χ1) is 28.1. The summed E-state index contributed by atoms with van der Waals surface area (Å²) >= 11 is 0. The number of carbonyl (C=O) groups is 3. The van der Waals surface area contributed by atoms with Crippen LogP contribution in [0.15, 0.2) is 146 Å². The fraction of sp³-hybridized carbons (Fsp3) is 0.0714. The summed E-state index contributed by atoms with van der Waals surface area (Å²) < 4.78 is 113. The van der Waals surface area contributed by atoms with Gasteiger partial charge in [0.1, 0.15) is 0 Å². The number of alkyl halides is 9. The Hall–Kier alpha value is -6.97. The van der Waals surface area contributed by atoms with Crippen LogP contribution in [0, 0.1) is 0 Å². The van der Waals surface area contributed by atoms with E-state index in [0.717, 1.165) is 36.4 Å². The molecule has 0 amide bonds.